The first kappa shape index (κ1) is 12.2. The Labute approximate surface area is 112 Å². The Bertz CT molecular complexity index is 538. The Hall–Kier alpha value is -1.84. The highest BCUT2D eigenvalue weighted by Crippen LogP contribution is 2.25. The van der Waals surface area contributed by atoms with Crippen LogP contribution in [0.4, 0.5) is 0 Å². The lowest BCUT2D eigenvalue weighted by atomic mass is 10.1. The first-order valence-electron chi connectivity index (χ1n) is 6.79. The van der Waals surface area contributed by atoms with Gasteiger partial charge in [0.2, 0.25) is 0 Å². The van der Waals surface area contributed by atoms with Crippen LogP contribution in [0.25, 0.3) is 0 Å². The molecule has 0 aromatic heterocycles. The molecule has 1 aliphatic heterocycles. The van der Waals surface area contributed by atoms with Gasteiger partial charge >= 0.3 is 5.97 Å². The summed E-state index contributed by atoms with van der Waals surface area (Å²) in [5, 5.41) is 8.97. The van der Waals surface area contributed by atoms with Gasteiger partial charge in [-0.3, -0.25) is 9.59 Å². The summed E-state index contributed by atoms with van der Waals surface area (Å²) in [5.41, 5.74) is 3.33. The third-order valence-electron chi connectivity index (χ3n) is 4.17. The molecule has 0 unspecified atom stereocenters. The van der Waals surface area contributed by atoms with Crippen LogP contribution in [0.15, 0.2) is 18.2 Å². The number of aliphatic carboxylic acids is 1. The maximum Gasteiger partial charge on any atom is 0.308 e. The quantitative estimate of drug-likeness (QED) is 0.879. The largest absolute Gasteiger partial charge is 0.481 e. The van der Waals surface area contributed by atoms with Gasteiger partial charge in [-0.25, -0.2) is 0 Å². The van der Waals surface area contributed by atoms with E-state index in [4.69, 9.17) is 5.11 Å². The first-order chi connectivity index (χ1) is 9.15. The van der Waals surface area contributed by atoms with Gasteiger partial charge in [-0.2, -0.15) is 0 Å². The number of carbonyl (C=O) groups is 2. The summed E-state index contributed by atoms with van der Waals surface area (Å²) in [7, 11) is 0. The number of hydrogen-bond donors (Lipinski definition) is 1. The summed E-state index contributed by atoms with van der Waals surface area (Å²) in [6.07, 6.45) is 3.88. The average Bonchev–Trinajstić information content (AvgIpc) is 3.06. The third-order valence-corrected chi connectivity index (χ3v) is 4.17. The molecule has 1 amide bonds. The molecule has 4 heteroatoms. The number of nitrogens with zero attached hydrogens (tertiary/aromatic N) is 1. The molecular weight excluding hydrogens is 242 g/mol. The number of likely N-dealkylation sites (tertiary alicyclic amines) is 1. The summed E-state index contributed by atoms with van der Waals surface area (Å²) in [4.78, 5) is 24.9. The third kappa shape index (κ3) is 2.23. The maximum atomic E-state index is 12.3. The zero-order chi connectivity index (χ0) is 13.4. The van der Waals surface area contributed by atoms with E-state index in [-0.39, 0.29) is 5.91 Å². The van der Waals surface area contributed by atoms with Crippen LogP contribution in [0.5, 0.6) is 0 Å². The second-order valence-corrected chi connectivity index (χ2v) is 5.41. The standard InChI is InChI=1S/C15H17NO3/c17-14(16-7-6-13(9-16)15(18)19)12-5-4-10-2-1-3-11(10)8-12/h4-5,8,13H,1-3,6-7,9H2,(H,18,19)/t13-/m0/s1. The van der Waals surface area contributed by atoms with Crippen molar-refractivity contribution >= 4 is 11.9 Å². The van der Waals surface area contributed by atoms with Gasteiger partial charge in [0.1, 0.15) is 0 Å². The summed E-state index contributed by atoms with van der Waals surface area (Å²) in [5.74, 6) is -1.24. The molecule has 1 aromatic rings. The summed E-state index contributed by atoms with van der Waals surface area (Å²) >= 11 is 0. The van der Waals surface area contributed by atoms with Crippen molar-refractivity contribution in [3.63, 3.8) is 0 Å². The zero-order valence-corrected chi connectivity index (χ0v) is 10.8. The molecule has 3 rings (SSSR count). The number of aryl methyl sites for hydroxylation is 2. The van der Waals surface area contributed by atoms with Gasteiger partial charge in [0, 0.05) is 18.7 Å². The van der Waals surface area contributed by atoms with Crippen LogP contribution < -0.4 is 0 Å². The Morgan fingerprint density at radius 2 is 2.00 bits per heavy atom. The van der Waals surface area contributed by atoms with Gasteiger partial charge in [0.05, 0.1) is 5.92 Å². The van der Waals surface area contributed by atoms with Crippen LogP contribution in [-0.4, -0.2) is 35.0 Å². The minimum Gasteiger partial charge on any atom is -0.481 e. The minimum atomic E-state index is -0.802. The van der Waals surface area contributed by atoms with Crippen molar-refractivity contribution in [1.82, 2.24) is 4.90 Å². The topological polar surface area (TPSA) is 57.6 Å². The molecule has 0 radical (unpaired) electrons. The molecule has 0 bridgehead atoms. The van der Waals surface area contributed by atoms with Gasteiger partial charge in [0.15, 0.2) is 0 Å². The Balaban J connectivity index is 1.76. The molecule has 1 aliphatic carbocycles. The second-order valence-electron chi connectivity index (χ2n) is 5.41. The smallest absolute Gasteiger partial charge is 0.308 e. The molecule has 19 heavy (non-hydrogen) atoms. The van der Waals surface area contributed by atoms with Crippen LogP contribution >= 0.6 is 0 Å². The van der Waals surface area contributed by atoms with Crippen LogP contribution in [-0.2, 0) is 17.6 Å². The van der Waals surface area contributed by atoms with E-state index in [0.717, 1.165) is 19.3 Å². The van der Waals surface area contributed by atoms with Crippen LogP contribution in [0.1, 0.15) is 34.3 Å². The molecule has 0 spiro atoms. The lowest BCUT2D eigenvalue weighted by Crippen LogP contribution is -2.30. The molecule has 0 saturated carbocycles. The predicted molar refractivity (Wildman–Crippen MR) is 70.1 cm³/mol. The van der Waals surface area contributed by atoms with Gasteiger partial charge < -0.3 is 10.0 Å². The van der Waals surface area contributed by atoms with Gasteiger partial charge in [-0.1, -0.05) is 6.07 Å². The maximum absolute atomic E-state index is 12.3. The molecule has 2 aliphatic rings. The molecule has 1 heterocycles. The van der Waals surface area contributed by atoms with E-state index in [0.29, 0.717) is 25.1 Å². The van der Waals surface area contributed by atoms with E-state index in [1.165, 1.54) is 11.1 Å². The van der Waals surface area contributed by atoms with E-state index in [1.807, 2.05) is 18.2 Å². The fraction of sp³-hybridized carbons (Fsp3) is 0.467. The SMILES string of the molecule is O=C(O)[C@H]1CCN(C(=O)c2ccc3c(c2)CCC3)C1. The van der Waals surface area contributed by atoms with Crippen molar-refractivity contribution in [3.05, 3.63) is 34.9 Å². The van der Waals surface area contributed by atoms with E-state index in [9.17, 15) is 9.59 Å². The fourth-order valence-electron chi connectivity index (χ4n) is 3.03. The number of amides is 1. The fourth-order valence-corrected chi connectivity index (χ4v) is 3.03. The lowest BCUT2D eigenvalue weighted by molar-refractivity contribution is -0.141. The first-order valence-corrected chi connectivity index (χ1v) is 6.79. The van der Waals surface area contributed by atoms with Crippen molar-refractivity contribution in [2.24, 2.45) is 5.92 Å². The van der Waals surface area contributed by atoms with Crippen molar-refractivity contribution in [1.29, 1.82) is 0 Å². The Morgan fingerprint density at radius 3 is 2.74 bits per heavy atom. The molecule has 1 fully saturated rings. The summed E-state index contributed by atoms with van der Waals surface area (Å²) in [6.45, 7) is 0.887. The Kier molecular flexibility index (Phi) is 3.01. The van der Waals surface area contributed by atoms with Crippen molar-refractivity contribution in [2.75, 3.05) is 13.1 Å². The Morgan fingerprint density at radius 1 is 1.21 bits per heavy atom. The number of hydrogen-bond acceptors (Lipinski definition) is 2. The van der Waals surface area contributed by atoms with Gasteiger partial charge in [-0.15, -0.1) is 0 Å². The number of carboxylic acids is 1. The molecular formula is C15H17NO3. The van der Waals surface area contributed by atoms with Gasteiger partial charge in [-0.05, 0) is 48.9 Å². The molecule has 1 aromatic carbocycles. The number of benzene rings is 1. The summed E-state index contributed by atoms with van der Waals surface area (Å²) in [6, 6.07) is 5.90. The van der Waals surface area contributed by atoms with E-state index < -0.39 is 11.9 Å². The highest BCUT2D eigenvalue weighted by molar-refractivity contribution is 5.95. The highest BCUT2D eigenvalue weighted by Gasteiger charge is 2.31. The second kappa shape index (κ2) is 4.68. The molecule has 4 nitrogen and oxygen atoms in total. The van der Waals surface area contributed by atoms with Crippen LogP contribution in [0, 0.1) is 5.92 Å². The number of carboxylic acid groups (broad SMARTS) is 1. The zero-order valence-electron chi connectivity index (χ0n) is 10.8. The van der Waals surface area contributed by atoms with Gasteiger partial charge in [0.25, 0.3) is 5.91 Å². The monoisotopic (exact) mass is 259 g/mol. The van der Waals surface area contributed by atoms with Crippen LogP contribution in [0.3, 0.4) is 0 Å². The van der Waals surface area contributed by atoms with Crippen LogP contribution in [0.2, 0.25) is 0 Å². The van der Waals surface area contributed by atoms with Crippen molar-refractivity contribution in [3.8, 4) is 0 Å². The molecule has 1 N–H and O–H groups in total. The average molecular weight is 259 g/mol. The number of fused-ring (bicyclic) bond motifs is 1. The highest BCUT2D eigenvalue weighted by atomic mass is 16.4. The normalized spacial score (nSPS) is 21.5. The number of carbonyl (C=O) groups excluding carboxylic acids is 1. The van der Waals surface area contributed by atoms with E-state index in [1.54, 1.807) is 4.90 Å². The minimum absolute atomic E-state index is 0.0292. The van der Waals surface area contributed by atoms with E-state index >= 15 is 0 Å². The number of rotatable bonds is 2. The lowest BCUT2D eigenvalue weighted by Gasteiger charge is -2.16. The van der Waals surface area contributed by atoms with Crippen molar-refractivity contribution < 1.29 is 14.7 Å². The molecule has 1 atom stereocenters. The van der Waals surface area contributed by atoms with Crippen molar-refractivity contribution in [2.45, 2.75) is 25.7 Å². The summed E-state index contributed by atoms with van der Waals surface area (Å²) < 4.78 is 0. The predicted octanol–water partition coefficient (Wildman–Crippen LogP) is 1.72. The molecule has 100 valence electrons. The van der Waals surface area contributed by atoms with E-state index in [2.05, 4.69) is 0 Å². The molecule has 1 saturated heterocycles.